The Morgan fingerprint density at radius 3 is 1.92 bits per heavy atom. The number of rotatable bonds is 7. The first-order chi connectivity index (χ1) is 11.1. The summed E-state index contributed by atoms with van der Waals surface area (Å²) in [7, 11) is 0. The molecule has 0 aliphatic heterocycles. The molecule has 0 radical (unpaired) electrons. The summed E-state index contributed by atoms with van der Waals surface area (Å²) in [4.78, 5) is 12.5. The van der Waals surface area contributed by atoms with Crippen molar-refractivity contribution in [3.05, 3.63) is 54.6 Å². The molecule has 0 unspecified atom stereocenters. The third kappa shape index (κ3) is 4.73. The maximum atomic E-state index is 12.5. The van der Waals surface area contributed by atoms with Gasteiger partial charge in [-0.25, -0.2) is 0 Å². The molecule has 2 rings (SSSR count). The molecule has 0 saturated heterocycles. The average molecular weight is 348 g/mol. The summed E-state index contributed by atoms with van der Waals surface area (Å²) in [5.74, 6) is -0.00577. The lowest BCUT2D eigenvalue weighted by Crippen LogP contribution is -2.41. The molecular formula is C19H26ClN3O. The molecule has 0 aromatic heterocycles. The number of anilines is 3. The zero-order valence-electron chi connectivity index (χ0n) is 14.2. The lowest BCUT2D eigenvalue weighted by Gasteiger charge is -2.28. The van der Waals surface area contributed by atoms with Crippen molar-refractivity contribution >= 4 is 35.4 Å². The van der Waals surface area contributed by atoms with E-state index in [1.807, 2.05) is 68.4 Å². The number of nitrogens with two attached hydrogens (primary N) is 1. The molecule has 0 saturated carbocycles. The molecule has 2 aromatic carbocycles. The van der Waals surface area contributed by atoms with Gasteiger partial charge in [0.1, 0.15) is 0 Å². The first-order valence-electron chi connectivity index (χ1n) is 8.07. The molecule has 0 bridgehead atoms. The predicted octanol–water partition coefficient (Wildman–Crippen LogP) is 4.56. The fourth-order valence-corrected chi connectivity index (χ4v) is 2.54. The Labute approximate surface area is 150 Å². The van der Waals surface area contributed by atoms with Crippen LogP contribution in [0.2, 0.25) is 0 Å². The number of hydrogen-bond acceptors (Lipinski definition) is 3. The summed E-state index contributed by atoms with van der Waals surface area (Å²) in [5.41, 5.74) is 8.13. The van der Waals surface area contributed by atoms with Gasteiger partial charge in [-0.2, -0.15) is 0 Å². The molecule has 1 amide bonds. The molecule has 4 N–H and O–H groups in total. The molecule has 0 spiro atoms. The Morgan fingerprint density at radius 1 is 0.917 bits per heavy atom. The van der Waals surface area contributed by atoms with Crippen LogP contribution in [0.3, 0.4) is 0 Å². The second kappa shape index (κ2) is 9.30. The van der Waals surface area contributed by atoms with Crippen LogP contribution in [-0.2, 0) is 4.79 Å². The van der Waals surface area contributed by atoms with Crippen LogP contribution in [0.25, 0.3) is 0 Å². The van der Waals surface area contributed by atoms with Crippen LogP contribution in [0.5, 0.6) is 0 Å². The zero-order chi connectivity index (χ0) is 16.7. The van der Waals surface area contributed by atoms with E-state index >= 15 is 0 Å². The van der Waals surface area contributed by atoms with E-state index in [2.05, 4.69) is 10.6 Å². The molecule has 0 aliphatic rings. The van der Waals surface area contributed by atoms with Gasteiger partial charge in [0.15, 0.2) is 0 Å². The van der Waals surface area contributed by atoms with Crippen LogP contribution in [0.4, 0.5) is 17.1 Å². The normalized spacial score (nSPS) is 10.6. The highest BCUT2D eigenvalue weighted by atomic mass is 35.5. The van der Waals surface area contributed by atoms with E-state index in [0.29, 0.717) is 6.54 Å². The standard InChI is InChI=1S/C19H25N3O.ClH/c1-3-19(4-2,14-20)18(23)22-17-12-10-16(11-13-17)21-15-8-6-5-7-9-15;/h5-13,21H,3-4,14,20H2,1-2H3,(H,22,23);1H. The molecule has 0 atom stereocenters. The Morgan fingerprint density at radius 2 is 1.42 bits per heavy atom. The number of halogens is 1. The van der Waals surface area contributed by atoms with E-state index in [-0.39, 0.29) is 18.3 Å². The van der Waals surface area contributed by atoms with Gasteiger partial charge in [-0.15, -0.1) is 12.4 Å². The number of hydrogen-bond donors (Lipinski definition) is 3. The number of para-hydroxylation sites is 1. The topological polar surface area (TPSA) is 67.2 Å². The molecule has 5 heteroatoms. The van der Waals surface area contributed by atoms with Gasteiger partial charge < -0.3 is 16.4 Å². The van der Waals surface area contributed by atoms with Gasteiger partial charge in [0.05, 0.1) is 5.41 Å². The monoisotopic (exact) mass is 347 g/mol. The van der Waals surface area contributed by atoms with Gasteiger partial charge >= 0.3 is 0 Å². The van der Waals surface area contributed by atoms with Crippen LogP contribution in [0, 0.1) is 5.41 Å². The van der Waals surface area contributed by atoms with Gasteiger partial charge in [0.25, 0.3) is 0 Å². The zero-order valence-corrected chi connectivity index (χ0v) is 15.0. The minimum atomic E-state index is -0.485. The van der Waals surface area contributed by atoms with E-state index in [1.54, 1.807) is 0 Å². The highest BCUT2D eigenvalue weighted by Gasteiger charge is 2.33. The minimum absolute atomic E-state index is 0. The molecule has 0 heterocycles. The maximum Gasteiger partial charge on any atom is 0.231 e. The maximum absolute atomic E-state index is 12.5. The molecular weight excluding hydrogens is 322 g/mol. The third-order valence-corrected chi connectivity index (χ3v) is 4.43. The van der Waals surface area contributed by atoms with Gasteiger partial charge in [-0.3, -0.25) is 4.79 Å². The van der Waals surface area contributed by atoms with E-state index in [1.165, 1.54) is 0 Å². The van der Waals surface area contributed by atoms with Crippen LogP contribution < -0.4 is 16.4 Å². The van der Waals surface area contributed by atoms with E-state index in [9.17, 15) is 4.79 Å². The van der Waals surface area contributed by atoms with Crippen molar-refractivity contribution in [1.29, 1.82) is 0 Å². The Balaban J connectivity index is 0.00000288. The van der Waals surface area contributed by atoms with Crippen molar-refractivity contribution < 1.29 is 4.79 Å². The van der Waals surface area contributed by atoms with Crippen LogP contribution in [0.1, 0.15) is 26.7 Å². The summed E-state index contributed by atoms with van der Waals surface area (Å²) in [6.45, 7) is 4.37. The highest BCUT2D eigenvalue weighted by molar-refractivity contribution is 5.95. The van der Waals surface area contributed by atoms with Gasteiger partial charge in [-0.1, -0.05) is 32.0 Å². The van der Waals surface area contributed by atoms with E-state index in [0.717, 1.165) is 29.9 Å². The number of carbonyl (C=O) groups is 1. The predicted molar refractivity (Wildman–Crippen MR) is 104 cm³/mol. The molecule has 4 nitrogen and oxygen atoms in total. The molecule has 2 aromatic rings. The second-order valence-electron chi connectivity index (χ2n) is 5.71. The summed E-state index contributed by atoms with van der Waals surface area (Å²) in [6.07, 6.45) is 1.47. The second-order valence-corrected chi connectivity index (χ2v) is 5.71. The van der Waals surface area contributed by atoms with E-state index < -0.39 is 5.41 Å². The Bertz CT molecular complexity index is 617. The Hall–Kier alpha value is -2.04. The Kier molecular flexibility index (Phi) is 7.75. The van der Waals surface area contributed by atoms with Gasteiger partial charge in [0.2, 0.25) is 5.91 Å². The van der Waals surface area contributed by atoms with E-state index in [4.69, 9.17) is 5.73 Å². The van der Waals surface area contributed by atoms with Crippen LogP contribution in [-0.4, -0.2) is 12.5 Å². The molecule has 0 fully saturated rings. The summed E-state index contributed by atoms with van der Waals surface area (Å²) >= 11 is 0. The highest BCUT2D eigenvalue weighted by Crippen LogP contribution is 2.27. The van der Waals surface area contributed by atoms with Crippen molar-refractivity contribution in [3.8, 4) is 0 Å². The molecule has 24 heavy (non-hydrogen) atoms. The summed E-state index contributed by atoms with van der Waals surface area (Å²) < 4.78 is 0. The quantitative estimate of drug-likeness (QED) is 0.688. The smallest absolute Gasteiger partial charge is 0.231 e. The van der Waals surface area contributed by atoms with Crippen molar-refractivity contribution in [2.45, 2.75) is 26.7 Å². The lowest BCUT2D eigenvalue weighted by molar-refractivity contribution is -0.125. The number of nitrogens with one attached hydrogen (secondary N) is 2. The first kappa shape index (κ1) is 20.0. The largest absolute Gasteiger partial charge is 0.356 e. The van der Waals surface area contributed by atoms with Crippen molar-refractivity contribution in [2.75, 3.05) is 17.2 Å². The third-order valence-electron chi connectivity index (χ3n) is 4.43. The average Bonchev–Trinajstić information content (AvgIpc) is 2.60. The number of amides is 1. The van der Waals surface area contributed by atoms with Gasteiger partial charge in [0, 0.05) is 23.6 Å². The fraction of sp³-hybridized carbons (Fsp3) is 0.316. The molecule has 130 valence electrons. The summed E-state index contributed by atoms with van der Waals surface area (Å²) in [5, 5.41) is 6.30. The minimum Gasteiger partial charge on any atom is -0.356 e. The molecule has 0 aliphatic carbocycles. The number of benzene rings is 2. The van der Waals surface area contributed by atoms with Crippen molar-refractivity contribution in [2.24, 2.45) is 11.1 Å². The SMILES string of the molecule is CCC(CC)(CN)C(=O)Nc1ccc(Nc2ccccc2)cc1.Cl. The van der Waals surface area contributed by atoms with Crippen molar-refractivity contribution in [1.82, 2.24) is 0 Å². The lowest BCUT2D eigenvalue weighted by atomic mass is 9.81. The van der Waals surface area contributed by atoms with Crippen LogP contribution in [0.15, 0.2) is 54.6 Å². The summed E-state index contributed by atoms with van der Waals surface area (Å²) in [6, 6.07) is 17.7. The fourth-order valence-electron chi connectivity index (χ4n) is 2.54. The number of carbonyl (C=O) groups excluding carboxylic acids is 1. The first-order valence-corrected chi connectivity index (χ1v) is 8.07. The van der Waals surface area contributed by atoms with Crippen LogP contribution >= 0.6 is 12.4 Å². The van der Waals surface area contributed by atoms with Gasteiger partial charge in [-0.05, 0) is 49.2 Å². The van der Waals surface area contributed by atoms with Crippen molar-refractivity contribution in [3.63, 3.8) is 0 Å².